The fourth-order valence-electron chi connectivity index (χ4n) is 4.06. The number of amides is 1. The van der Waals surface area contributed by atoms with E-state index in [4.69, 9.17) is 10.2 Å². The topological polar surface area (TPSA) is 156 Å². The standard InChI is InChI=1S/C20H25N7O4S/c1-26(20(28)29)16-7-5-13(6-8-16)12-27-18-14(11-23-27)10-22-19(25-18)24-15-3-2-4-17(9-15)32(21,30)31/h2-4,9-11,13,16H,5-8,12H2,1H3,(H,28,29)(H2,21,30,31)(H,22,24,25)/t13-,16-. The van der Waals surface area contributed by atoms with Crippen molar-refractivity contribution in [1.82, 2.24) is 24.6 Å². The number of hydrogen-bond donors (Lipinski definition) is 3. The predicted molar refractivity (Wildman–Crippen MR) is 118 cm³/mol. The van der Waals surface area contributed by atoms with E-state index in [0.717, 1.165) is 31.1 Å². The number of primary sulfonamides is 1. The number of hydrogen-bond acceptors (Lipinski definition) is 7. The van der Waals surface area contributed by atoms with Crippen molar-refractivity contribution in [3.05, 3.63) is 36.7 Å². The van der Waals surface area contributed by atoms with Crippen molar-refractivity contribution in [2.24, 2.45) is 11.1 Å². The molecule has 2 aromatic heterocycles. The van der Waals surface area contributed by atoms with Crippen LogP contribution in [-0.2, 0) is 16.6 Å². The predicted octanol–water partition coefficient (Wildman–Crippen LogP) is 2.39. The summed E-state index contributed by atoms with van der Waals surface area (Å²) >= 11 is 0. The molecule has 1 saturated carbocycles. The average molecular weight is 460 g/mol. The van der Waals surface area contributed by atoms with Gasteiger partial charge in [0, 0.05) is 31.5 Å². The lowest BCUT2D eigenvalue weighted by molar-refractivity contribution is 0.116. The summed E-state index contributed by atoms with van der Waals surface area (Å²) in [6.07, 6.45) is 5.98. The number of benzene rings is 1. The third kappa shape index (κ3) is 4.81. The van der Waals surface area contributed by atoms with Crippen LogP contribution >= 0.6 is 0 Å². The van der Waals surface area contributed by atoms with Crippen LogP contribution in [0.25, 0.3) is 11.0 Å². The highest BCUT2D eigenvalue weighted by Gasteiger charge is 2.27. The molecule has 12 heteroatoms. The van der Waals surface area contributed by atoms with Crippen molar-refractivity contribution in [3.63, 3.8) is 0 Å². The van der Waals surface area contributed by atoms with Gasteiger partial charge in [-0.25, -0.2) is 28.0 Å². The first-order chi connectivity index (χ1) is 15.2. The van der Waals surface area contributed by atoms with Crippen molar-refractivity contribution in [1.29, 1.82) is 0 Å². The fraction of sp³-hybridized carbons (Fsp3) is 0.400. The first-order valence-corrected chi connectivity index (χ1v) is 11.8. The number of carbonyl (C=O) groups is 1. The van der Waals surface area contributed by atoms with Gasteiger partial charge >= 0.3 is 6.09 Å². The van der Waals surface area contributed by atoms with Gasteiger partial charge in [0.2, 0.25) is 16.0 Å². The van der Waals surface area contributed by atoms with Gasteiger partial charge < -0.3 is 15.3 Å². The van der Waals surface area contributed by atoms with Crippen LogP contribution in [-0.4, -0.2) is 57.4 Å². The van der Waals surface area contributed by atoms with Crippen molar-refractivity contribution in [2.75, 3.05) is 12.4 Å². The number of rotatable bonds is 6. The molecule has 170 valence electrons. The number of sulfonamides is 1. The number of nitrogens with zero attached hydrogens (tertiary/aromatic N) is 5. The lowest BCUT2D eigenvalue weighted by Gasteiger charge is -2.33. The minimum Gasteiger partial charge on any atom is -0.465 e. The highest BCUT2D eigenvalue weighted by atomic mass is 32.2. The molecule has 4 rings (SSSR count). The normalized spacial score (nSPS) is 19.1. The van der Waals surface area contributed by atoms with Gasteiger partial charge in [-0.15, -0.1) is 0 Å². The monoisotopic (exact) mass is 459 g/mol. The van der Waals surface area contributed by atoms with Gasteiger partial charge in [0.25, 0.3) is 0 Å². The van der Waals surface area contributed by atoms with E-state index in [1.165, 1.54) is 17.0 Å². The summed E-state index contributed by atoms with van der Waals surface area (Å²) in [5, 5.41) is 22.6. The molecule has 0 radical (unpaired) electrons. The first-order valence-electron chi connectivity index (χ1n) is 10.2. The molecule has 11 nitrogen and oxygen atoms in total. The molecule has 32 heavy (non-hydrogen) atoms. The van der Waals surface area contributed by atoms with Crippen LogP contribution in [0.3, 0.4) is 0 Å². The van der Waals surface area contributed by atoms with Crippen molar-refractivity contribution >= 4 is 38.8 Å². The lowest BCUT2D eigenvalue weighted by atomic mass is 9.85. The van der Waals surface area contributed by atoms with Crippen molar-refractivity contribution in [3.8, 4) is 0 Å². The first kappa shape index (κ1) is 22.0. The average Bonchev–Trinajstić information content (AvgIpc) is 3.15. The minimum absolute atomic E-state index is 0.00207. The Bertz CT molecular complexity index is 1240. The van der Waals surface area contributed by atoms with Gasteiger partial charge in [-0.1, -0.05) is 6.07 Å². The molecule has 0 bridgehead atoms. The molecule has 1 aromatic carbocycles. The van der Waals surface area contributed by atoms with E-state index in [0.29, 0.717) is 29.7 Å². The smallest absolute Gasteiger partial charge is 0.407 e. The second kappa shape index (κ2) is 8.71. The summed E-state index contributed by atoms with van der Waals surface area (Å²) in [6.45, 7) is 0.685. The van der Waals surface area contributed by atoms with Gasteiger partial charge in [-0.2, -0.15) is 10.1 Å². The van der Waals surface area contributed by atoms with Gasteiger partial charge in [0.1, 0.15) is 0 Å². The number of nitrogens with one attached hydrogen (secondary N) is 1. The molecular formula is C20H25N7O4S. The Balaban J connectivity index is 1.47. The van der Waals surface area contributed by atoms with Crippen LogP contribution in [0.4, 0.5) is 16.4 Å². The lowest BCUT2D eigenvalue weighted by Crippen LogP contribution is -2.39. The third-order valence-corrected chi connectivity index (χ3v) is 6.80. The number of aromatic nitrogens is 4. The van der Waals surface area contributed by atoms with Gasteiger partial charge in [0.15, 0.2) is 5.65 Å². The zero-order valence-electron chi connectivity index (χ0n) is 17.5. The summed E-state index contributed by atoms with van der Waals surface area (Å²) in [6, 6.07) is 6.19. The van der Waals surface area contributed by atoms with Crippen molar-refractivity contribution in [2.45, 2.75) is 43.2 Å². The molecule has 0 unspecified atom stereocenters. The Morgan fingerprint density at radius 3 is 2.72 bits per heavy atom. The maximum absolute atomic E-state index is 11.6. The van der Waals surface area contributed by atoms with Crippen LogP contribution in [0.15, 0.2) is 41.6 Å². The number of carboxylic acid groups (broad SMARTS) is 1. The maximum Gasteiger partial charge on any atom is 0.407 e. The molecule has 4 N–H and O–H groups in total. The Kier molecular flexibility index (Phi) is 5.98. The minimum atomic E-state index is -3.81. The molecule has 0 saturated heterocycles. The van der Waals surface area contributed by atoms with E-state index < -0.39 is 16.1 Å². The van der Waals surface area contributed by atoms with Gasteiger partial charge in [0.05, 0.1) is 16.5 Å². The largest absolute Gasteiger partial charge is 0.465 e. The van der Waals surface area contributed by atoms with Crippen LogP contribution in [0.2, 0.25) is 0 Å². The second-order valence-corrected chi connectivity index (χ2v) is 9.63. The third-order valence-electron chi connectivity index (χ3n) is 5.89. The summed E-state index contributed by atoms with van der Waals surface area (Å²) in [5.74, 6) is 0.701. The highest BCUT2D eigenvalue weighted by Crippen LogP contribution is 2.29. The Morgan fingerprint density at radius 1 is 1.28 bits per heavy atom. The SMILES string of the molecule is CN(C(=O)O)[C@H]1CC[C@H](Cn2ncc3cnc(Nc4cccc(S(N)(=O)=O)c4)nc32)CC1. The van der Waals surface area contributed by atoms with E-state index >= 15 is 0 Å². The van der Waals surface area contributed by atoms with E-state index in [2.05, 4.69) is 20.4 Å². The van der Waals surface area contributed by atoms with E-state index in [1.807, 2.05) is 4.68 Å². The molecule has 1 aliphatic carbocycles. The quantitative estimate of drug-likeness (QED) is 0.507. The van der Waals surface area contributed by atoms with E-state index in [9.17, 15) is 13.2 Å². The van der Waals surface area contributed by atoms with Crippen LogP contribution < -0.4 is 10.5 Å². The van der Waals surface area contributed by atoms with Crippen molar-refractivity contribution < 1.29 is 18.3 Å². The molecule has 3 aromatic rings. The fourth-order valence-corrected chi connectivity index (χ4v) is 4.62. The van der Waals surface area contributed by atoms with Crippen LogP contribution in [0.5, 0.6) is 0 Å². The molecule has 1 fully saturated rings. The summed E-state index contributed by atoms with van der Waals surface area (Å²) in [5.41, 5.74) is 1.18. The maximum atomic E-state index is 11.6. The van der Waals surface area contributed by atoms with E-state index in [-0.39, 0.29) is 10.9 Å². The summed E-state index contributed by atoms with van der Waals surface area (Å²) in [7, 11) is -2.19. The summed E-state index contributed by atoms with van der Waals surface area (Å²) in [4.78, 5) is 21.4. The van der Waals surface area contributed by atoms with Crippen LogP contribution in [0, 0.1) is 5.92 Å². The molecule has 1 amide bonds. The molecule has 0 spiro atoms. The summed E-state index contributed by atoms with van der Waals surface area (Å²) < 4.78 is 25.0. The highest BCUT2D eigenvalue weighted by molar-refractivity contribution is 7.89. The second-order valence-electron chi connectivity index (χ2n) is 8.07. The Hall–Kier alpha value is -3.25. The van der Waals surface area contributed by atoms with Crippen LogP contribution in [0.1, 0.15) is 25.7 Å². The van der Waals surface area contributed by atoms with Gasteiger partial charge in [-0.05, 0) is 49.8 Å². The Morgan fingerprint density at radius 2 is 2.03 bits per heavy atom. The molecular weight excluding hydrogens is 434 g/mol. The molecule has 0 atom stereocenters. The molecule has 2 heterocycles. The zero-order valence-corrected chi connectivity index (χ0v) is 18.4. The molecule has 0 aliphatic heterocycles. The number of anilines is 2. The number of fused-ring (bicyclic) bond motifs is 1. The van der Waals surface area contributed by atoms with Gasteiger partial charge in [-0.3, -0.25) is 0 Å². The Labute approximate surface area is 185 Å². The van der Waals surface area contributed by atoms with E-state index in [1.54, 1.807) is 31.6 Å². The number of nitrogens with two attached hydrogens (primary N) is 1. The zero-order chi connectivity index (χ0) is 22.9. The molecule has 1 aliphatic rings.